The van der Waals surface area contributed by atoms with E-state index in [1.54, 1.807) is 0 Å². The predicted molar refractivity (Wildman–Crippen MR) is 342 cm³/mol. The summed E-state index contributed by atoms with van der Waals surface area (Å²) in [5.74, 6) is 8.42. The Morgan fingerprint density at radius 2 is 0.425 bits per heavy atom. The third-order valence-corrected chi connectivity index (χ3v) is 28.3. The average Bonchev–Trinajstić information content (AvgIpc) is 1.79. The number of fused-ring (bicyclic) bond motifs is 40. The summed E-state index contributed by atoms with van der Waals surface area (Å²) in [5.41, 5.74) is 0. The molecule has 8 aliphatic carbocycles. The number of hydrogen-bond donors (Lipinski definition) is 16. The molecule has 0 aromatic heterocycles. The molecule has 0 radical (unpaired) electrons. The van der Waals surface area contributed by atoms with E-state index in [1.165, 1.54) is 154 Å². The fourth-order valence-electron chi connectivity index (χ4n) is 24.7. The number of esters is 1. The molecule has 0 spiro atoms. The molecule has 22 heteroatoms. The first kappa shape index (κ1) is 61.0. The van der Waals surface area contributed by atoms with Gasteiger partial charge in [0.05, 0.1) is 105 Å². The molecule has 0 aromatic rings. The summed E-state index contributed by atoms with van der Waals surface area (Å²) in [7, 11) is 15.0. The van der Waals surface area contributed by atoms with Crippen molar-refractivity contribution >= 4 is 48.1 Å². The number of rotatable bonds is 2. The van der Waals surface area contributed by atoms with Crippen LogP contribution in [0.5, 0.6) is 0 Å². The van der Waals surface area contributed by atoms with Crippen molar-refractivity contribution in [1.29, 1.82) is 0 Å². The number of halogens is 3. The molecule has 18 fully saturated rings. The van der Waals surface area contributed by atoms with Gasteiger partial charge in [-0.1, -0.05) is 83.5 Å². The monoisotopic (exact) mass is 1320 g/mol. The summed E-state index contributed by atoms with van der Waals surface area (Å²) in [6.07, 6.45) is 41.4. The fraction of sp³-hybridized carbons (Fsp3) is 0.985. The van der Waals surface area contributed by atoms with Crippen molar-refractivity contribution in [2.45, 2.75) is 297 Å². The zero-order chi connectivity index (χ0) is 58.0. The van der Waals surface area contributed by atoms with Crippen LogP contribution in [-0.4, -0.2) is 124 Å². The molecule has 486 valence electrons. The third kappa shape index (κ3) is 11.6. The van der Waals surface area contributed by atoms with Crippen LogP contribution >= 0.6 is 28.9 Å². The van der Waals surface area contributed by atoms with Crippen molar-refractivity contribution in [3.63, 3.8) is 0 Å². The molecule has 8 saturated carbocycles. The van der Waals surface area contributed by atoms with E-state index in [2.05, 4.69) is 85.1 Å². The summed E-state index contributed by atoms with van der Waals surface area (Å²) in [6, 6.07) is 0. The van der Waals surface area contributed by atoms with Crippen LogP contribution in [-0.2, 0) is 9.53 Å². The van der Waals surface area contributed by atoms with Crippen LogP contribution in [0.25, 0.3) is 0 Å². The van der Waals surface area contributed by atoms with Crippen LogP contribution in [0, 0.1) is 101 Å². The molecule has 10 aliphatic heterocycles. The second-order valence-corrected chi connectivity index (χ2v) is 43.5. The number of carbonyl (C=O) groups excluding carboxylic acids is 1. The van der Waals surface area contributed by atoms with Crippen molar-refractivity contribution in [1.82, 2.24) is 85.1 Å². The van der Waals surface area contributed by atoms with E-state index in [9.17, 15) is 0 Å². The average molecular weight is 1320 g/mol. The molecule has 87 heavy (non-hydrogen) atoms. The molecule has 10 heterocycles. The number of nitrogens with one attached hydrogen (secondary N) is 16. The van der Waals surface area contributed by atoms with Crippen LogP contribution in [0.2, 0.25) is 0 Å². The first-order valence-electron chi connectivity index (χ1n) is 37.0. The van der Waals surface area contributed by atoms with Gasteiger partial charge >= 0.3 is 48.1 Å². The van der Waals surface area contributed by atoms with E-state index in [0.717, 1.165) is 38.5 Å². The van der Waals surface area contributed by atoms with E-state index in [0.29, 0.717) is 120 Å². The standard InChI is InChI=1S/C65H110N16O2.3ClH.Ga/c82-65(45-29-13-27-43-47(45)63-78-59-41-25-11-9-23-39(41)55(74-59)70-51-33-17-3-1-15-31(33)49(66-51)68-53-35-19-5-7-21-37(35)57(72-53)76-61(43)80-63)83-46-30-14-28-44-48(46)64-79-60-42-26-12-10-24-40(42)56(75-60)71-52-34-18-4-2-16-32(34)50(67-52)69-54-36-20-6-8-22-38(36)58(73-54)77-62(44)81-64;;;;/h31-64,66-81H,1-30H2;3*1H;/q;;;;+3/p-3. The van der Waals surface area contributed by atoms with Gasteiger partial charge in [-0.05, 0) is 192 Å². The van der Waals surface area contributed by atoms with Crippen molar-refractivity contribution in [3.8, 4) is 0 Å². The van der Waals surface area contributed by atoms with Gasteiger partial charge in [0, 0.05) is 11.8 Å². The zero-order valence-electron chi connectivity index (χ0n) is 51.9. The van der Waals surface area contributed by atoms with Gasteiger partial charge in [-0.2, -0.15) is 0 Å². The van der Waals surface area contributed by atoms with E-state index in [1.807, 2.05) is 0 Å². The van der Waals surface area contributed by atoms with Gasteiger partial charge in [-0.3, -0.25) is 89.9 Å². The summed E-state index contributed by atoms with van der Waals surface area (Å²) in [6.45, 7) is 0. The Morgan fingerprint density at radius 1 is 0.241 bits per heavy atom. The summed E-state index contributed by atoms with van der Waals surface area (Å²) < 4.78 is 7.40. The minimum atomic E-state index is -2.06. The molecular formula is C65H110Cl3GaN16O2. The Kier molecular flexibility index (Phi) is 18.3. The normalized spacial score (nSPS) is 55.5. The van der Waals surface area contributed by atoms with E-state index < -0.39 is 13.2 Å². The summed E-state index contributed by atoms with van der Waals surface area (Å²) in [5, 5.41) is 69.4. The molecule has 16 bridgehead atoms. The van der Waals surface area contributed by atoms with Gasteiger partial charge in [0.25, 0.3) is 0 Å². The van der Waals surface area contributed by atoms with E-state index >= 15 is 4.79 Å². The van der Waals surface area contributed by atoms with Crippen molar-refractivity contribution in [2.75, 3.05) is 0 Å². The number of carbonyl (C=O) groups is 1. The van der Waals surface area contributed by atoms with E-state index in [4.69, 9.17) is 33.6 Å². The Balaban J connectivity index is 0.00000143. The van der Waals surface area contributed by atoms with E-state index in [-0.39, 0.29) is 91.5 Å². The zero-order valence-corrected chi connectivity index (χ0v) is 56.6. The maximum absolute atomic E-state index is 15.9. The molecule has 18 aliphatic rings. The molecule has 10 saturated heterocycles. The SMILES string of the molecule is O=C(OC1CCCC2C3NC4NC(NC5NC(NC6NC(NC(N3)C12)C1CCCCC61)C1CCCCC51)C1CCCCC41)C1CCCC2C3NC4NC(NC5NC(NC6NC(NC(N3)C12)C1CCCCC61)C1CCCCC51)C1CCCCC41.[Cl][Ga]([Cl])[Cl]. The van der Waals surface area contributed by atoms with Gasteiger partial charge in [0.2, 0.25) is 0 Å². The van der Waals surface area contributed by atoms with Gasteiger partial charge in [-0.15, -0.1) is 0 Å². The minimum absolute atomic E-state index is 0.0104. The van der Waals surface area contributed by atoms with Gasteiger partial charge in [0.1, 0.15) is 6.10 Å². The topological polar surface area (TPSA) is 219 Å². The second-order valence-electron chi connectivity index (χ2n) is 32.2. The van der Waals surface area contributed by atoms with Gasteiger partial charge in [0.15, 0.2) is 0 Å². The number of ether oxygens (including phenoxy) is 1. The fourth-order valence-corrected chi connectivity index (χ4v) is 24.7. The third-order valence-electron chi connectivity index (χ3n) is 28.3. The predicted octanol–water partition coefficient (Wildman–Crippen LogP) is 5.66. The van der Waals surface area contributed by atoms with Crippen LogP contribution in [0.15, 0.2) is 0 Å². The van der Waals surface area contributed by atoms with Crippen molar-refractivity contribution < 1.29 is 9.53 Å². The summed E-state index contributed by atoms with van der Waals surface area (Å²) in [4.78, 5) is 15.9. The van der Waals surface area contributed by atoms with Crippen LogP contribution in [0.4, 0.5) is 0 Å². The molecular weight excluding hydrogens is 1210 g/mol. The van der Waals surface area contributed by atoms with Gasteiger partial charge in [-0.25, -0.2) is 0 Å². The Hall–Kier alpha value is 0.336. The molecule has 34 atom stereocenters. The van der Waals surface area contributed by atoms with Crippen LogP contribution < -0.4 is 85.1 Å². The van der Waals surface area contributed by atoms with Crippen molar-refractivity contribution in [2.24, 2.45) is 101 Å². The molecule has 34 unspecified atom stereocenters. The van der Waals surface area contributed by atoms with Gasteiger partial charge < -0.3 is 4.74 Å². The first-order valence-corrected chi connectivity index (χ1v) is 46.6. The molecule has 18 nitrogen and oxygen atoms in total. The quantitative estimate of drug-likeness (QED) is 0.119. The first-order chi connectivity index (χ1) is 42.7. The molecule has 18 rings (SSSR count). The molecule has 0 aromatic carbocycles. The van der Waals surface area contributed by atoms with Crippen molar-refractivity contribution in [3.05, 3.63) is 0 Å². The van der Waals surface area contributed by atoms with Crippen LogP contribution in [0.3, 0.4) is 0 Å². The molecule has 16 N–H and O–H groups in total. The Morgan fingerprint density at radius 3 is 0.678 bits per heavy atom. The molecule has 0 amide bonds. The van der Waals surface area contributed by atoms with Crippen LogP contribution in [0.1, 0.15) is 193 Å². The Labute approximate surface area is 537 Å². The number of hydrogen-bond acceptors (Lipinski definition) is 18. The summed E-state index contributed by atoms with van der Waals surface area (Å²) >= 11 is -2.06. The maximum atomic E-state index is 15.9. The second kappa shape index (κ2) is 26.1. The Bertz CT molecular complexity index is 2390.